The van der Waals surface area contributed by atoms with Crippen molar-refractivity contribution in [2.75, 3.05) is 0 Å². The number of aromatic nitrogens is 1. The number of fused-ring (bicyclic) bond motifs is 1. The van der Waals surface area contributed by atoms with Crippen molar-refractivity contribution in [2.24, 2.45) is 0 Å². The number of esters is 1. The highest BCUT2D eigenvalue weighted by molar-refractivity contribution is 6.10. The first kappa shape index (κ1) is 20.7. The first-order valence-corrected chi connectivity index (χ1v) is 9.81. The molecule has 0 aliphatic rings. The lowest BCUT2D eigenvalue weighted by Crippen LogP contribution is -2.19. The standard InChI is InChI=1S/C25H18N2O5/c28-23(14-13-17-7-6-10-19(15-17)27(30)31)32-25(18-8-2-1-3-9-18)24(29)21-16-26-22-12-5-4-11-20(21)22/h1-16,25-26H. The molecule has 1 unspecified atom stereocenters. The van der Waals surface area contributed by atoms with Crippen LogP contribution in [0.4, 0.5) is 5.69 Å². The fourth-order valence-corrected chi connectivity index (χ4v) is 3.38. The van der Waals surface area contributed by atoms with Crippen LogP contribution in [-0.2, 0) is 9.53 Å². The third-order valence-electron chi connectivity index (χ3n) is 4.92. The average Bonchev–Trinajstić information content (AvgIpc) is 3.26. The normalized spacial score (nSPS) is 12.0. The van der Waals surface area contributed by atoms with Crippen molar-refractivity contribution in [1.29, 1.82) is 0 Å². The molecule has 32 heavy (non-hydrogen) atoms. The fraction of sp³-hybridized carbons (Fsp3) is 0.0400. The molecule has 0 spiro atoms. The minimum atomic E-state index is -1.14. The van der Waals surface area contributed by atoms with Crippen LogP contribution in [-0.4, -0.2) is 21.7 Å². The summed E-state index contributed by atoms with van der Waals surface area (Å²) in [5.41, 5.74) is 2.15. The van der Waals surface area contributed by atoms with E-state index in [4.69, 9.17) is 4.74 Å². The molecule has 4 rings (SSSR count). The summed E-state index contributed by atoms with van der Waals surface area (Å²) < 4.78 is 5.55. The van der Waals surface area contributed by atoms with E-state index in [9.17, 15) is 19.7 Å². The molecule has 1 atom stereocenters. The van der Waals surface area contributed by atoms with Crippen molar-refractivity contribution in [3.63, 3.8) is 0 Å². The maximum absolute atomic E-state index is 13.4. The quantitative estimate of drug-likeness (QED) is 0.143. The summed E-state index contributed by atoms with van der Waals surface area (Å²) in [5.74, 6) is -1.09. The summed E-state index contributed by atoms with van der Waals surface area (Å²) in [4.78, 5) is 39.4. The number of aromatic amines is 1. The molecule has 0 bridgehead atoms. The van der Waals surface area contributed by atoms with Gasteiger partial charge in [0.1, 0.15) is 0 Å². The van der Waals surface area contributed by atoms with E-state index in [1.54, 1.807) is 42.6 Å². The molecule has 0 saturated carbocycles. The Morgan fingerprint density at radius 1 is 0.969 bits per heavy atom. The van der Waals surface area contributed by atoms with Gasteiger partial charge in [0.05, 0.1) is 4.92 Å². The van der Waals surface area contributed by atoms with Crippen LogP contribution in [0.2, 0.25) is 0 Å². The van der Waals surface area contributed by atoms with Gasteiger partial charge in [-0.15, -0.1) is 0 Å². The second kappa shape index (κ2) is 9.09. The number of carbonyl (C=O) groups is 2. The zero-order chi connectivity index (χ0) is 22.5. The van der Waals surface area contributed by atoms with E-state index in [2.05, 4.69) is 4.98 Å². The number of para-hydroxylation sites is 1. The zero-order valence-electron chi connectivity index (χ0n) is 16.8. The first-order valence-electron chi connectivity index (χ1n) is 9.81. The Kier molecular flexibility index (Phi) is 5.89. The van der Waals surface area contributed by atoms with E-state index < -0.39 is 17.0 Å². The molecule has 4 aromatic rings. The number of ether oxygens (including phenoxy) is 1. The Bertz CT molecular complexity index is 1320. The minimum Gasteiger partial charge on any atom is -0.446 e. The van der Waals surface area contributed by atoms with Gasteiger partial charge < -0.3 is 9.72 Å². The fourth-order valence-electron chi connectivity index (χ4n) is 3.38. The summed E-state index contributed by atoms with van der Waals surface area (Å²) in [7, 11) is 0. The topological polar surface area (TPSA) is 102 Å². The second-order valence-corrected chi connectivity index (χ2v) is 7.03. The highest BCUT2D eigenvalue weighted by Gasteiger charge is 2.27. The van der Waals surface area contributed by atoms with Gasteiger partial charge in [-0.2, -0.15) is 0 Å². The molecule has 7 heteroatoms. The number of nitro groups is 1. The van der Waals surface area contributed by atoms with Gasteiger partial charge in [-0.25, -0.2) is 4.79 Å². The number of Topliss-reactive ketones (excluding diaryl/α,β-unsaturated/α-hetero) is 1. The molecule has 0 amide bonds. The van der Waals surface area contributed by atoms with Crippen LogP contribution in [0.15, 0.2) is 91.1 Å². The van der Waals surface area contributed by atoms with E-state index in [0.717, 1.165) is 17.0 Å². The predicted octanol–water partition coefficient (Wildman–Crippen LogP) is 5.26. The van der Waals surface area contributed by atoms with Gasteiger partial charge in [0.15, 0.2) is 6.10 Å². The molecule has 0 aliphatic heterocycles. The SMILES string of the molecule is O=C(C=Cc1cccc([N+](=O)[O-])c1)OC(C(=O)c1c[nH]c2ccccc12)c1ccccc1. The zero-order valence-corrected chi connectivity index (χ0v) is 16.8. The van der Waals surface area contributed by atoms with Gasteiger partial charge in [-0.1, -0.05) is 60.7 Å². The van der Waals surface area contributed by atoms with Gasteiger partial charge in [0, 0.05) is 46.4 Å². The predicted molar refractivity (Wildman–Crippen MR) is 120 cm³/mol. The van der Waals surface area contributed by atoms with Gasteiger partial charge in [0.25, 0.3) is 5.69 Å². The number of carbonyl (C=O) groups excluding carboxylic acids is 2. The largest absolute Gasteiger partial charge is 0.446 e. The van der Waals surface area contributed by atoms with Gasteiger partial charge in [0.2, 0.25) is 5.78 Å². The van der Waals surface area contributed by atoms with Crippen LogP contribution in [0.1, 0.15) is 27.6 Å². The van der Waals surface area contributed by atoms with Gasteiger partial charge >= 0.3 is 5.97 Å². The molecule has 3 aromatic carbocycles. The minimum absolute atomic E-state index is 0.0859. The monoisotopic (exact) mass is 426 g/mol. The molecule has 7 nitrogen and oxygen atoms in total. The van der Waals surface area contributed by atoms with E-state index >= 15 is 0 Å². The van der Waals surface area contributed by atoms with Crippen LogP contribution >= 0.6 is 0 Å². The summed E-state index contributed by atoms with van der Waals surface area (Å²) >= 11 is 0. The molecule has 1 N–H and O–H groups in total. The number of rotatable bonds is 7. The van der Waals surface area contributed by atoms with E-state index in [1.807, 2.05) is 24.3 Å². The number of non-ortho nitro benzene ring substituents is 1. The number of nitro benzene ring substituents is 1. The highest BCUT2D eigenvalue weighted by atomic mass is 16.6. The molecular formula is C25H18N2O5. The van der Waals surface area contributed by atoms with Gasteiger partial charge in [-0.3, -0.25) is 14.9 Å². The van der Waals surface area contributed by atoms with Crippen molar-refractivity contribution in [1.82, 2.24) is 4.98 Å². The molecular weight excluding hydrogens is 408 g/mol. The number of nitrogens with zero attached hydrogens (tertiary/aromatic N) is 1. The van der Waals surface area contributed by atoms with Crippen molar-refractivity contribution < 1.29 is 19.2 Å². The number of ketones is 1. The lowest BCUT2D eigenvalue weighted by molar-refractivity contribution is -0.384. The Labute approximate surface area is 183 Å². The number of H-pyrrole nitrogens is 1. The van der Waals surface area contributed by atoms with Crippen LogP contribution in [0.25, 0.3) is 17.0 Å². The van der Waals surface area contributed by atoms with E-state index in [1.165, 1.54) is 24.3 Å². The van der Waals surface area contributed by atoms with E-state index in [-0.39, 0.29) is 11.5 Å². The third kappa shape index (κ3) is 4.46. The summed E-state index contributed by atoms with van der Waals surface area (Å²) in [6.07, 6.45) is 3.03. The van der Waals surface area contributed by atoms with Crippen molar-refractivity contribution in [3.05, 3.63) is 118 Å². The van der Waals surface area contributed by atoms with Crippen molar-refractivity contribution in [3.8, 4) is 0 Å². The average molecular weight is 426 g/mol. The molecule has 158 valence electrons. The first-order chi connectivity index (χ1) is 15.5. The molecule has 0 radical (unpaired) electrons. The second-order valence-electron chi connectivity index (χ2n) is 7.03. The molecule has 0 aliphatic carbocycles. The Morgan fingerprint density at radius 2 is 1.72 bits per heavy atom. The lowest BCUT2D eigenvalue weighted by Gasteiger charge is -2.16. The number of hydrogen-bond acceptors (Lipinski definition) is 5. The highest BCUT2D eigenvalue weighted by Crippen LogP contribution is 2.27. The molecule has 1 aromatic heterocycles. The number of hydrogen-bond donors (Lipinski definition) is 1. The smallest absolute Gasteiger partial charge is 0.331 e. The number of nitrogens with one attached hydrogen (secondary N) is 1. The Balaban J connectivity index is 1.60. The molecule has 1 heterocycles. The maximum Gasteiger partial charge on any atom is 0.331 e. The maximum atomic E-state index is 13.4. The van der Waals surface area contributed by atoms with Gasteiger partial charge in [-0.05, 0) is 17.7 Å². The van der Waals surface area contributed by atoms with Crippen molar-refractivity contribution in [2.45, 2.75) is 6.10 Å². The van der Waals surface area contributed by atoms with Crippen LogP contribution in [0, 0.1) is 10.1 Å². The summed E-state index contributed by atoms with van der Waals surface area (Å²) in [6, 6.07) is 22.0. The third-order valence-corrected chi connectivity index (χ3v) is 4.92. The molecule has 0 saturated heterocycles. The Hall–Kier alpha value is -4.52. The van der Waals surface area contributed by atoms with Crippen LogP contribution in [0.3, 0.4) is 0 Å². The van der Waals surface area contributed by atoms with Crippen LogP contribution in [0.5, 0.6) is 0 Å². The van der Waals surface area contributed by atoms with E-state index in [0.29, 0.717) is 16.7 Å². The summed E-state index contributed by atoms with van der Waals surface area (Å²) in [6.45, 7) is 0. The Morgan fingerprint density at radius 3 is 2.50 bits per heavy atom. The summed E-state index contributed by atoms with van der Waals surface area (Å²) in [5, 5.41) is 11.7. The number of benzene rings is 3. The lowest BCUT2D eigenvalue weighted by atomic mass is 9.99. The molecule has 0 fully saturated rings. The van der Waals surface area contributed by atoms with Crippen LogP contribution < -0.4 is 0 Å². The van der Waals surface area contributed by atoms with Crippen molar-refractivity contribution >= 4 is 34.4 Å².